The number of nitrogens with two attached hydrogens (primary N) is 1. The largest absolute Gasteiger partial charge is 0.357 e. The molecule has 0 amide bonds. The summed E-state index contributed by atoms with van der Waals surface area (Å²) >= 11 is 0. The van der Waals surface area contributed by atoms with Crippen molar-refractivity contribution in [1.29, 1.82) is 0 Å². The van der Waals surface area contributed by atoms with Crippen LogP contribution in [-0.4, -0.2) is 4.92 Å². The first kappa shape index (κ1) is 7.46. The zero-order chi connectivity index (χ0) is 8.43. The lowest BCUT2D eigenvalue weighted by molar-refractivity contribution is -0.412. The number of hydrogen-bond donors (Lipinski definition) is 1. The molecular formula is C6H8N3O2+. The number of anilines is 1. The third-order valence-corrected chi connectivity index (χ3v) is 1.30. The maximum atomic E-state index is 10.2. The van der Waals surface area contributed by atoms with Gasteiger partial charge in [-0.3, -0.25) is 15.8 Å². The summed E-state index contributed by atoms with van der Waals surface area (Å²) < 4.78 is 0. The summed E-state index contributed by atoms with van der Waals surface area (Å²) in [6, 6.07) is 2.98. The molecule has 5 heteroatoms. The lowest BCUT2D eigenvalue weighted by Crippen LogP contribution is -2.15. The molecule has 0 radical (unpaired) electrons. The highest BCUT2D eigenvalue weighted by molar-refractivity contribution is 5.47. The predicted molar refractivity (Wildman–Crippen MR) is 38.8 cm³/mol. The van der Waals surface area contributed by atoms with Gasteiger partial charge in [-0.25, -0.2) is 4.98 Å². The fourth-order valence-electron chi connectivity index (χ4n) is 0.771. The molecule has 1 aromatic heterocycles. The molecule has 1 aromatic rings. The Hall–Kier alpha value is -1.65. The number of aromatic nitrogens is 1. The molecule has 0 fully saturated rings. The van der Waals surface area contributed by atoms with Crippen molar-refractivity contribution >= 4 is 11.5 Å². The molecule has 0 aliphatic rings. The van der Waals surface area contributed by atoms with Crippen molar-refractivity contribution < 1.29 is 9.91 Å². The van der Waals surface area contributed by atoms with Crippen LogP contribution in [0, 0.1) is 17.0 Å². The molecule has 0 bridgehead atoms. The van der Waals surface area contributed by atoms with Crippen LogP contribution >= 0.6 is 0 Å². The van der Waals surface area contributed by atoms with E-state index in [1.165, 1.54) is 6.07 Å². The van der Waals surface area contributed by atoms with Crippen molar-refractivity contribution in [3.05, 3.63) is 27.9 Å². The van der Waals surface area contributed by atoms with Gasteiger partial charge in [-0.15, -0.1) is 0 Å². The van der Waals surface area contributed by atoms with Gasteiger partial charge in [-0.1, -0.05) is 0 Å². The second-order valence-electron chi connectivity index (χ2n) is 2.20. The minimum Gasteiger partial charge on any atom is -0.281 e. The van der Waals surface area contributed by atoms with Gasteiger partial charge in [0, 0.05) is 6.07 Å². The number of nitrogens with one attached hydrogen (secondary N) is 1. The standard InChI is InChI=1S/C6H7N3O2/c1-4-2-3-5(9(10)11)6(7)8-4/h2-3H,1H3,(H2,7,8)/p+1. The molecular weight excluding hydrogens is 146 g/mol. The van der Waals surface area contributed by atoms with E-state index in [0.717, 1.165) is 5.69 Å². The number of pyridine rings is 1. The van der Waals surface area contributed by atoms with E-state index in [1.54, 1.807) is 13.0 Å². The van der Waals surface area contributed by atoms with Crippen molar-refractivity contribution in [2.24, 2.45) is 0 Å². The van der Waals surface area contributed by atoms with Gasteiger partial charge in [0.25, 0.3) is 0 Å². The zero-order valence-corrected chi connectivity index (χ0v) is 6.00. The maximum absolute atomic E-state index is 10.2. The molecule has 0 aliphatic heterocycles. The van der Waals surface area contributed by atoms with Gasteiger partial charge in [0.05, 0.1) is 10.6 Å². The highest BCUT2D eigenvalue weighted by atomic mass is 16.6. The molecule has 1 heterocycles. The third kappa shape index (κ3) is 1.43. The minimum atomic E-state index is -0.523. The number of nitro groups is 1. The normalized spacial score (nSPS) is 9.55. The molecule has 11 heavy (non-hydrogen) atoms. The van der Waals surface area contributed by atoms with Gasteiger partial charge in [0.1, 0.15) is 0 Å². The first-order chi connectivity index (χ1) is 5.11. The fraction of sp³-hybridized carbons (Fsp3) is 0.167. The number of nitrogens with zero attached hydrogens (tertiary/aromatic N) is 1. The quantitative estimate of drug-likeness (QED) is 0.466. The van der Waals surface area contributed by atoms with Crippen LogP contribution in [0.25, 0.3) is 0 Å². The molecule has 0 aromatic carbocycles. The first-order valence-corrected chi connectivity index (χ1v) is 3.04. The summed E-state index contributed by atoms with van der Waals surface area (Å²) in [4.78, 5) is 12.4. The minimum absolute atomic E-state index is 0.0874. The molecule has 0 saturated carbocycles. The Balaban J connectivity index is 3.20. The van der Waals surface area contributed by atoms with Crippen LogP contribution < -0.4 is 10.7 Å². The Morgan fingerprint density at radius 3 is 2.73 bits per heavy atom. The molecule has 0 atom stereocenters. The SMILES string of the molecule is Cc1ccc([N+](=O)[O-])c(N)[nH+]1. The number of aryl methyl sites for hydroxylation is 1. The van der Waals surface area contributed by atoms with Gasteiger partial charge in [-0.05, 0) is 13.0 Å². The summed E-state index contributed by atoms with van der Waals surface area (Å²) in [6.45, 7) is 1.78. The van der Waals surface area contributed by atoms with E-state index in [0.29, 0.717) is 0 Å². The Morgan fingerprint density at radius 2 is 2.27 bits per heavy atom. The Bertz CT molecular complexity index is 298. The second-order valence-corrected chi connectivity index (χ2v) is 2.20. The average Bonchev–Trinajstić information content (AvgIpc) is 1.85. The van der Waals surface area contributed by atoms with E-state index >= 15 is 0 Å². The summed E-state index contributed by atoms with van der Waals surface area (Å²) in [7, 11) is 0. The first-order valence-electron chi connectivity index (χ1n) is 3.04. The Labute approximate surface area is 63.0 Å². The number of rotatable bonds is 1. The van der Waals surface area contributed by atoms with Gasteiger partial charge >= 0.3 is 11.5 Å². The summed E-state index contributed by atoms with van der Waals surface area (Å²) in [6.07, 6.45) is 0. The second kappa shape index (κ2) is 2.53. The smallest absolute Gasteiger partial charge is 0.281 e. The summed E-state index contributed by atoms with van der Waals surface area (Å²) in [5.41, 5.74) is 6.04. The Kier molecular flexibility index (Phi) is 1.72. The molecule has 58 valence electrons. The summed E-state index contributed by atoms with van der Waals surface area (Å²) in [5, 5.41) is 10.2. The van der Waals surface area contributed by atoms with Crippen LogP contribution in [0.3, 0.4) is 0 Å². The van der Waals surface area contributed by atoms with Crippen LogP contribution in [0.1, 0.15) is 5.69 Å². The molecule has 0 spiro atoms. The summed E-state index contributed by atoms with van der Waals surface area (Å²) in [5.74, 6) is 0.0926. The number of H-pyrrole nitrogens is 1. The predicted octanol–water partition coefficient (Wildman–Crippen LogP) is 0.300. The van der Waals surface area contributed by atoms with E-state index in [2.05, 4.69) is 4.98 Å². The van der Waals surface area contributed by atoms with Crippen LogP contribution in [-0.2, 0) is 0 Å². The maximum Gasteiger partial charge on any atom is 0.357 e. The molecule has 0 aliphatic carbocycles. The van der Waals surface area contributed by atoms with Gasteiger partial charge < -0.3 is 0 Å². The Morgan fingerprint density at radius 1 is 1.64 bits per heavy atom. The van der Waals surface area contributed by atoms with E-state index in [-0.39, 0.29) is 11.5 Å². The van der Waals surface area contributed by atoms with Gasteiger partial charge in [-0.2, -0.15) is 0 Å². The average molecular weight is 154 g/mol. The van der Waals surface area contributed by atoms with E-state index in [4.69, 9.17) is 5.73 Å². The zero-order valence-electron chi connectivity index (χ0n) is 6.00. The molecule has 0 saturated heterocycles. The molecule has 5 nitrogen and oxygen atoms in total. The lowest BCUT2D eigenvalue weighted by atomic mass is 10.3. The molecule has 3 N–H and O–H groups in total. The van der Waals surface area contributed by atoms with Gasteiger partial charge in [0.15, 0.2) is 0 Å². The third-order valence-electron chi connectivity index (χ3n) is 1.30. The molecule has 1 rings (SSSR count). The van der Waals surface area contributed by atoms with Crippen LogP contribution in [0.5, 0.6) is 0 Å². The van der Waals surface area contributed by atoms with Crippen LogP contribution in [0.2, 0.25) is 0 Å². The van der Waals surface area contributed by atoms with Crippen molar-refractivity contribution in [2.45, 2.75) is 6.92 Å². The van der Waals surface area contributed by atoms with Crippen molar-refractivity contribution in [3.8, 4) is 0 Å². The monoisotopic (exact) mass is 154 g/mol. The van der Waals surface area contributed by atoms with Crippen molar-refractivity contribution in [1.82, 2.24) is 0 Å². The molecule has 0 unspecified atom stereocenters. The van der Waals surface area contributed by atoms with Crippen molar-refractivity contribution in [3.63, 3.8) is 0 Å². The van der Waals surface area contributed by atoms with Crippen LogP contribution in [0.15, 0.2) is 12.1 Å². The van der Waals surface area contributed by atoms with E-state index < -0.39 is 4.92 Å². The highest BCUT2D eigenvalue weighted by Gasteiger charge is 2.15. The lowest BCUT2D eigenvalue weighted by Gasteiger charge is -1.91. The number of hydrogen-bond acceptors (Lipinski definition) is 3. The number of aromatic amines is 1. The fourth-order valence-corrected chi connectivity index (χ4v) is 0.771. The number of nitrogen functional groups attached to an aromatic ring is 1. The highest BCUT2D eigenvalue weighted by Crippen LogP contribution is 2.14. The van der Waals surface area contributed by atoms with E-state index in [1.807, 2.05) is 0 Å². The van der Waals surface area contributed by atoms with E-state index in [9.17, 15) is 10.1 Å². The van der Waals surface area contributed by atoms with Crippen molar-refractivity contribution in [2.75, 3.05) is 5.73 Å². The topological polar surface area (TPSA) is 83.3 Å². The van der Waals surface area contributed by atoms with Crippen LogP contribution in [0.4, 0.5) is 11.5 Å². The van der Waals surface area contributed by atoms with Gasteiger partial charge in [0.2, 0.25) is 0 Å².